The molecule has 0 radical (unpaired) electrons. The number of ether oxygens (including phenoxy) is 3. The second kappa shape index (κ2) is 15.4. The van der Waals surface area contributed by atoms with Crippen molar-refractivity contribution in [3.05, 3.63) is 130 Å². The summed E-state index contributed by atoms with van der Waals surface area (Å²) in [6.07, 6.45) is -0.0297. The quantitative estimate of drug-likeness (QED) is 0.0716. The molecule has 0 aliphatic carbocycles. The third-order valence-corrected chi connectivity index (χ3v) is 12.0. The van der Waals surface area contributed by atoms with Gasteiger partial charge >= 0.3 is 11.9 Å². The molecule has 0 unspecified atom stereocenters. The molecule has 6 aromatic rings. The third kappa shape index (κ3) is 8.38. The molecule has 0 heterocycles. The summed E-state index contributed by atoms with van der Waals surface area (Å²) < 4.78 is 124. The predicted molar refractivity (Wildman–Crippen MR) is 200 cm³/mol. The maximum absolute atomic E-state index is 14.9. The Morgan fingerprint density at radius 3 is 1.41 bits per heavy atom. The zero-order valence-electron chi connectivity index (χ0n) is 30.2. The summed E-state index contributed by atoms with van der Waals surface area (Å²) in [5.74, 6) is -5.60. The lowest BCUT2D eigenvalue weighted by atomic mass is 9.97. The molecular weight excluding hydrogens is 777 g/mol. The molecule has 0 spiro atoms. The lowest BCUT2D eigenvalue weighted by Crippen LogP contribution is -2.17. The highest BCUT2D eigenvalue weighted by molar-refractivity contribution is 7.91. The Morgan fingerprint density at radius 2 is 1.02 bits per heavy atom. The van der Waals surface area contributed by atoms with Crippen LogP contribution in [0, 0.1) is 37.1 Å². The standard InChI is InChI=1S/C41H32F4O9S2/c1-5-56(50,51)37-13-11-31(21-35(37)45)53-41-23(3)27(15-25-7-9-29(43)19-33(25)41)17-39(47)54-38(46)16-26-14-24-6-8-28(42)18-32(24)40(22(26)2)52-30-10-12-36(34(44)20-30)55(4,48)49/h6-15,18-21H,5,16-17H2,1-4H3. The van der Waals surface area contributed by atoms with Crippen molar-refractivity contribution in [1.82, 2.24) is 0 Å². The number of carbonyl (C=O) groups excluding carboxylic acids is 2. The number of fused-ring (bicyclic) bond motifs is 2. The van der Waals surface area contributed by atoms with Gasteiger partial charge in [0.15, 0.2) is 19.7 Å². The Bertz CT molecular complexity index is 2820. The molecule has 0 atom stereocenters. The molecule has 0 aliphatic heterocycles. The van der Waals surface area contributed by atoms with Crippen LogP contribution in [0.4, 0.5) is 17.6 Å². The zero-order valence-corrected chi connectivity index (χ0v) is 31.8. The monoisotopic (exact) mass is 808 g/mol. The van der Waals surface area contributed by atoms with Crippen molar-refractivity contribution in [2.24, 2.45) is 0 Å². The Balaban J connectivity index is 1.26. The van der Waals surface area contributed by atoms with E-state index in [1.54, 1.807) is 26.0 Å². The summed E-state index contributed by atoms with van der Waals surface area (Å²) in [7, 11) is -7.73. The van der Waals surface area contributed by atoms with E-state index in [0.29, 0.717) is 33.0 Å². The maximum atomic E-state index is 14.9. The van der Waals surface area contributed by atoms with Crippen molar-refractivity contribution >= 4 is 53.2 Å². The fraction of sp³-hybridized carbons (Fsp3) is 0.171. The van der Waals surface area contributed by atoms with Crippen LogP contribution in [0.15, 0.2) is 94.7 Å². The molecule has 56 heavy (non-hydrogen) atoms. The van der Waals surface area contributed by atoms with Gasteiger partial charge in [0, 0.05) is 29.2 Å². The minimum absolute atomic E-state index is 0.0555. The van der Waals surface area contributed by atoms with E-state index < -0.39 is 77.5 Å². The molecule has 0 saturated heterocycles. The second-order valence-electron chi connectivity index (χ2n) is 13.0. The van der Waals surface area contributed by atoms with Crippen molar-refractivity contribution in [2.75, 3.05) is 12.0 Å². The first kappa shape index (κ1) is 39.9. The number of sulfone groups is 2. The molecule has 6 rings (SSSR count). The molecule has 0 fully saturated rings. The summed E-state index contributed by atoms with van der Waals surface area (Å²) in [5, 5.41) is 1.43. The van der Waals surface area contributed by atoms with E-state index in [0.717, 1.165) is 30.5 Å². The van der Waals surface area contributed by atoms with Gasteiger partial charge in [0.25, 0.3) is 0 Å². The van der Waals surface area contributed by atoms with Crippen molar-refractivity contribution in [1.29, 1.82) is 0 Å². The van der Waals surface area contributed by atoms with Gasteiger partial charge in [-0.2, -0.15) is 0 Å². The van der Waals surface area contributed by atoms with Crippen LogP contribution in [0.1, 0.15) is 29.2 Å². The third-order valence-electron chi connectivity index (χ3n) is 9.08. The summed E-state index contributed by atoms with van der Waals surface area (Å²) in [4.78, 5) is 25.4. The maximum Gasteiger partial charge on any atom is 0.317 e. The van der Waals surface area contributed by atoms with E-state index in [4.69, 9.17) is 14.2 Å². The first-order chi connectivity index (χ1) is 26.3. The Kier molecular flexibility index (Phi) is 11.0. The highest BCUT2D eigenvalue weighted by Crippen LogP contribution is 2.39. The Hall–Kier alpha value is -5.80. The van der Waals surface area contributed by atoms with Gasteiger partial charge in [-0.25, -0.2) is 34.4 Å². The van der Waals surface area contributed by atoms with Gasteiger partial charge in [0.05, 0.1) is 18.6 Å². The minimum Gasteiger partial charge on any atom is -0.456 e. The first-order valence-corrected chi connectivity index (χ1v) is 20.4. The molecule has 0 aliphatic rings. The fourth-order valence-electron chi connectivity index (χ4n) is 6.16. The van der Waals surface area contributed by atoms with Crippen molar-refractivity contribution in [3.63, 3.8) is 0 Å². The molecule has 6 aromatic carbocycles. The van der Waals surface area contributed by atoms with E-state index in [-0.39, 0.29) is 39.5 Å². The number of carbonyl (C=O) groups is 2. The molecule has 0 N–H and O–H groups in total. The molecule has 0 saturated carbocycles. The summed E-state index contributed by atoms with van der Waals surface area (Å²) in [6.45, 7) is 4.51. The van der Waals surface area contributed by atoms with Crippen molar-refractivity contribution in [3.8, 4) is 23.0 Å². The summed E-state index contributed by atoms with van der Waals surface area (Å²) >= 11 is 0. The highest BCUT2D eigenvalue weighted by Gasteiger charge is 2.23. The average molecular weight is 809 g/mol. The summed E-state index contributed by atoms with van der Waals surface area (Å²) in [6, 6.07) is 17.2. The number of hydrogen-bond acceptors (Lipinski definition) is 9. The minimum atomic E-state index is -3.87. The SMILES string of the molecule is CCS(=O)(=O)c1ccc(Oc2c(C)c(CC(=O)OC(=O)Cc3cc4ccc(F)cc4c(Oc4ccc(S(C)(=O)=O)c(F)c4)c3C)cc3ccc(F)cc23)cc1F. The van der Waals surface area contributed by atoms with Gasteiger partial charge in [-0.15, -0.1) is 0 Å². The van der Waals surface area contributed by atoms with Crippen LogP contribution in [0.3, 0.4) is 0 Å². The van der Waals surface area contributed by atoms with Gasteiger partial charge in [0.2, 0.25) is 0 Å². The topological polar surface area (TPSA) is 130 Å². The molecule has 15 heteroatoms. The van der Waals surface area contributed by atoms with Crippen LogP contribution < -0.4 is 9.47 Å². The van der Waals surface area contributed by atoms with Crippen molar-refractivity contribution in [2.45, 2.75) is 43.4 Å². The fourth-order valence-corrected chi connectivity index (χ4v) is 7.84. The smallest absolute Gasteiger partial charge is 0.317 e. The number of hydrogen-bond donors (Lipinski definition) is 0. The number of halogens is 4. The Labute approximate surface area is 319 Å². The van der Waals surface area contributed by atoms with E-state index in [2.05, 4.69) is 0 Å². The van der Waals surface area contributed by atoms with E-state index >= 15 is 0 Å². The predicted octanol–water partition coefficient (Wildman–Crippen LogP) is 8.80. The highest BCUT2D eigenvalue weighted by atomic mass is 32.2. The van der Waals surface area contributed by atoms with Crippen LogP contribution in [0.25, 0.3) is 21.5 Å². The first-order valence-electron chi connectivity index (χ1n) is 16.9. The van der Waals surface area contributed by atoms with Crippen LogP contribution >= 0.6 is 0 Å². The normalized spacial score (nSPS) is 11.9. The van der Waals surface area contributed by atoms with Crippen LogP contribution in [-0.2, 0) is 46.8 Å². The van der Waals surface area contributed by atoms with Gasteiger partial charge in [-0.3, -0.25) is 9.59 Å². The van der Waals surface area contributed by atoms with E-state index in [9.17, 15) is 44.0 Å². The van der Waals surface area contributed by atoms with Crippen LogP contribution in [0.2, 0.25) is 0 Å². The van der Waals surface area contributed by atoms with Crippen molar-refractivity contribution < 1.29 is 58.2 Å². The molecule has 0 aromatic heterocycles. The number of rotatable bonds is 11. The number of esters is 2. The molecule has 0 bridgehead atoms. The lowest BCUT2D eigenvalue weighted by molar-refractivity contribution is -0.158. The van der Waals surface area contributed by atoms with Gasteiger partial charge in [-0.1, -0.05) is 31.2 Å². The average Bonchev–Trinajstić information content (AvgIpc) is 3.11. The Morgan fingerprint density at radius 1 is 0.589 bits per heavy atom. The van der Waals surface area contributed by atoms with Gasteiger partial charge < -0.3 is 14.2 Å². The molecular formula is C41H32F4O9S2. The van der Waals surface area contributed by atoms with Gasteiger partial charge in [0.1, 0.15) is 56.1 Å². The zero-order chi connectivity index (χ0) is 40.7. The number of benzene rings is 6. The van der Waals surface area contributed by atoms with E-state index in [1.165, 1.54) is 55.5 Å². The van der Waals surface area contributed by atoms with Gasteiger partial charge in [-0.05, 0) is 95.4 Å². The largest absolute Gasteiger partial charge is 0.456 e. The second-order valence-corrected chi connectivity index (χ2v) is 17.2. The summed E-state index contributed by atoms with van der Waals surface area (Å²) in [5.41, 5.74) is 1.32. The lowest BCUT2D eigenvalue weighted by Gasteiger charge is -2.17. The van der Waals surface area contributed by atoms with Crippen LogP contribution in [0.5, 0.6) is 23.0 Å². The molecule has 9 nitrogen and oxygen atoms in total. The van der Waals surface area contributed by atoms with E-state index in [1.807, 2.05) is 0 Å². The van der Waals surface area contributed by atoms with Crippen LogP contribution in [-0.4, -0.2) is 40.8 Å². The molecule has 0 amide bonds. The molecule has 290 valence electrons.